The molecule has 0 unspecified atom stereocenters. The number of carbonyl (C=O) groups excluding carboxylic acids is 1. The zero-order chi connectivity index (χ0) is 18.7. The van der Waals surface area contributed by atoms with E-state index >= 15 is 0 Å². The lowest BCUT2D eigenvalue weighted by Gasteiger charge is -2.56. The number of anilines is 1. The van der Waals surface area contributed by atoms with Gasteiger partial charge in [-0.15, -0.1) is 5.10 Å². The van der Waals surface area contributed by atoms with Crippen LogP contribution in [0.25, 0.3) is 11.4 Å². The van der Waals surface area contributed by atoms with Gasteiger partial charge in [0.15, 0.2) is 5.82 Å². The molecular weight excluding hydrogens is 352 g/mol. The highest BCUT2D eigenvalue weighted by Gasteiger charge is 2.51. The fraction of sp³-hybridized carbons (Fsp3) is 0.619. The first-order valence-electron chi connectivity index (χ1n) is 10.6. The highest BCUT2D eigenvalue weighted by molar-refractivity contribution is 5.90. The third-order valence-corrected chi connectivity index (χ3v) is 7.20. The van der Waals surface area contributed by atoms with Gasteiger partial charge in [0.2, 0.25) is 0 Å². The van der Waals surface area contributed by atoms with Crippen LogP contribution in [-0.2, 0) is 0 Å². The van der Waals surface area contributed by atoms with Gasteiger partial charge in [0.05, 0.1) is 6.04 Å². The maximum atomic E-state index is 12.7. The van der Waals surface area contributed by atoms with Gasteiger partial charge >= 0.3 is 6.03 Å². The second-order valence-corrected chi connectivity index (χ2v) is 9.53. The Morgan fingerprint density at radius 1 is 1.00 bits per heavy atom. The predicted molar refractivity (Wildman–Crippen MR) is 105 cm³/mol. The molecule has 2 aromatic rings. The van der Waals surface area contributed by atoms with Crippen LogP contribution < -0.4 is 10.6 Å². The summed E-state index contributed by atoms with van der Waals surface area (Å²) in [5.74, 6) is 3.27. The van der Waals surface area contributed by atoms with E-state index in [4.69, 9.17) is 0 Å². The average molecular weight is 378 g/mol. The first-order chi connectivity index (χ1) is 13.7. The molecule has 5 aliphatic carbocycles. The number of amides is 2. The van der Waals surface area contributed by atoms with Crippen LogP contribution in [0.15, 0.2) is 24.3 Å². The summed E-state index contributed by atoms with van der Waals surface area (Å²) in [6.45, 7) is 0. The number of rotatable bonds is 4. The van der Waals surface area contributed by atoms with Crippen molar-refractivity contribution in [3.05, 3.63) is 24.3 Å². The van der Waals surface area contributed by atoms with E-state index < -0.39 is 0 Å². The number of nitrogens with zero attached hydrogens (tertiary/aromatic N) is 4. The number of benzene rings is 1. The second kappa shape index (κ2) is 6.03. The monoisotopic (exact) mass is 378 g/mol. The van der Waals surface area contributed by atoms with Gasteiger partial charge < -0.3 is 10.6 Å². The van der Waals surface area contributed by atoms with E-state index in [-0.39, 0.29) is 11.6 Å². The SMILES string of the molecule is O=C(Nc1ccc(-c2nnnn2C2CC2)cc1)NC12CC3CC(CC(C3)C1)C2. The minimum Gasteiger partial charge on any atom is -0.332 e. The average Bonchev–Trinajstić information content (AvgIpc) is 3.37. The molecule has 28 heavy (non-hydrogen) atoms. The van der Waals surface area contributed by atoms with E-state index in [1.807, 2.05) is 28.9 Å². The molecule has 0 spiro atoms. The first kappa shape index (κ1) is 16.5. The maximum Gasteiger partial charge on any atom is 0.319 e. The minimum atomic E-state index is -0.0717. The Balaban J connectivity index is 1.13. The van der Waals surface area contributed by atoms with E-state index in [1.165, 1.54) is 19.3 Å². The summed E-state index contributed by atoms with van der Waals surface area (Å²) in [5, 5.41) is 18.5. The van der Waals surface area contributed by atoms with Gasteiger partial charge in [0.25, 0.3) is 0 Å². The molecule has 7 nitrogen and oxygen atoms in total. The summed E-state index contributed by atoms with van der Waals surface area (Å²) in [4.78, 5) is 12.7. The third kappa shape index (κ3) is 2.88. The molecule has 1 aromatic heterocycles. The van der Waals surface area contributed by atoms with Crippen molar-refractivity contribution in [2.45, 2.75) is 62.9 Å². The molecule has 2 amide bonds. The molecule has 0 aliphatic heterocycles. The Morgan fingerprint density at radius 2 is 1.64 bits per heavy atom. The van der Waals surface area contributed by atoms with E-state index in [0.717, 1.165) is 66.9 Å². The molecule has 5 aliphatic rings. The lowest BCUT2D eigenvalue weighted by Crippen LogP contribution is -2.60. The lowest BCUT2D eigenvalue weighted by molar-refractivity contribution is -0.0127. The van der Waals surface area contributed by atoms with Crippen molar-refractivity contribution >= 4 is 11.7 Å². The molecule has 1 aromatic carbocycles. The fourth-order valence-corrected chi connectivity index (χ4v) is 6.32. The molecule has 7 rings (SSSR count). The molecule has 0 radical (unpaired) electrons. The number of hydrogen-bond donors (Lipinski definition) is 2. The van der Waals surface area contributed by atoms with Crippen LogP contribution in [0.3, 0.4) is 0 Å². The standard InChI is InChI=1S/C21H26N6O/c28-20(23-21-10-13-7-14(11-21)9-15(8-13)12-21)22-17-3-1-16(2-4-17)19-24-25-26-27(19)18-5-6-18/h1-4,13-15,18H,5-12H2,(H2,22,23,28). The van der Waals surface area contributed by atoms with Crippen LogP contribution in [0.2, 0.25) is 0 Å². The van der Waals surface area contributed by atoms with Gasteiger partial charge in [0, 0.05) is 16.8 Å². The summed E-state index contributed by atoms with van der Waals surface area (Å²) in [6.07, 6.45) is 9.91. The number of hydrogen-bond acceptors (Lipinski definition) is 4. The van der Waals surface area contributed by atoms with Crippen LogP contribution in [0, 0.1) is 17.8 Å². The lowest BCUT2D eigenvalue weighted by atomic mass is 9.53. The number of aromatic nitrogens is 4. The quantitative estimate of drug-likeness (QED) is 0.848. The van der Waals surface area contributed by atoms with Crippen molar-refractivity contribution in [3.8, 4) is 11.4 Å². The number of carbonyl (C=O) groups is 1. The molecular formula is C21H26N6O. The smallest absolute Gasteiger partial charge is 0.319 e. The molecule has 2 N–H and O–H groups in total. The van der Waals surface area contributed by atoms with Crippen molar-refractivity contribution in [1.29, 1.82) is 0 Å². The van der Waals surface area contributed by atoms with Crippen molar-refractivity contribution in [2.75, 3.05) is 5.32 Å². The van der Waals surface area contributed by atoms with Crippen molar-refractivity contribution in [1.82, 2.24) is 25.5 Å². The molecule has 0 atom stereocenters. The molecule has 7 heteroatoms. The number of urea groups is 1. The molecule has 5 saturated carbocycles. The summed E-state index contributed by atoms with van der Waals surface area (Å²) < 4.78 is 1.90. The Labute approximate surface area is 164 Å². The Kier molecular flexibility index (Phi) is 3.55. The van der Waals surface area contributed by atoms with Gasteiger partial charge in [-0.25, -0.2) is 9.48 Å². The summed E-state index contributed by atoms with van der Waals surface area (Å²) >= 11 is 0. The van der Waals surface area contributed by atoms with Gasteiger partial charge in [-0.05, 0) is 104 Å². The summed E-state index contributed by atoms with van der Waals surface area (Å²) in [5.41, 5.74) is 1.81. The van der Waals surface area contributed by atoms with Crippen LogP contribution in [-0.4, -0.2) is 31.8 Å². The summed E-state index contributed by atoms with van der Waals surface area (Å²) in [7, 11) is 0. The molecule has 4 bridgehead atoms. The highest BCUT2D eigenvalue weighted by atomic mass is 16.2. The van der Waals surface area contributed by atoms with E-state index in [1.54, 1.807) is 0 Å². The Morgan fingerprint density at radius 3 is 2.25 bits per heavy atom. The summed E-state index contributed by atoms with van der Waals surface area (Å²) in [6, 6.07) is 8.18. The Bertz CT molecular complexity index is 865. The van der Waals surface area contributed by atoms with Crippen molar-refractivity contribution in [3.63, 3.8) is 0 Å². The molecule has 0 saturated heterocycles. The van der Waals surface area contributed by atoms with Gasteiger partial charge in [-0.3, -0.25) is 0 Å². The molecule has 5 fully saturated rings. The number of tetrazole rings is 1. The maximum absolute atomic E-state index is 12.7. The highest BCUT2D eigenvalue weighted by Crippen LogP contribution is 2.55. The van der Waals surface area contributed by atoms with Gasteiger partial charge in [0.1, 0.15) is 0 Å². The third-order valence-electron chi connectivity index (χ3n) is 7.20. The fourth-order valence-electron chi connectivity index (χ4n) is 6.32. The van der Waals surface area contributed by atoms with Crippen LogP contribution in [0.4, 0.5) is 10.5 Å². The van der Waals surface area contributed by atoms with Crippen LogP contribution in [0.5, 0.6) is 0 Å². The molecule has 1 heterocycles. The van der Waals surface area contributed by atoms with Crippen molar-refractivity contribution in [2.24, 2.45) is 17.8 Å². The first-order valence-corrected chi connectivity index (χ1v) is 10.6. The second-order valence-electron chi connectivity index (χ2n) is 9.53. The van der Waals surface area contributed by atoms with Gasteiger partial charge in [-0.1, -0.05) is 0 Å². The van der Waals surface area contributed by atoms with E-state index in [2.05, 4.69) is 26.2 Å². The normalized spacial score (nSPS) is 33.1. The van der Waals surface area contributed by atoms with E-state index in [9.17, 15) is 4.79 Å². The van der Waals surface area contributed by atoms with Gasteiger partial charge in [-0.2, -0.15) is 0 Å². The predicted octanol–water partition coefficient (Wildman–Crippen LogP) is 3.77. The minimum absolute atomic E-state index is 0.0329. The van der Waals surface area contributed by atoms with Crippen molar-refractivity contribution < 1.29 is 4.79 Å². The van der Waals surface area contributed by atoms with Crippen LogP contribution in [0.1, 0.15) is 57.4 Å². The zero-order valence-corrected chi connectivity index (χ0v) is 16.0. The molecule has 146 valence electrons. The zero-order valence-electron chi connectivity index (χ0n) is 16.0. The Hall–Kier alpha value is -2.44. The van der Waals surface area contributed by atoms with E-state index in [0.29, 0.717) is 6.04 Å². The topological polar surface area (TPSA) is 84.7 Å². The largest absolute Gasteiger partial charge is 0.332 e. The van der Waals surface area contributed by atoms with Crippen LogP contribution >= 0.6 is 0 Å². The number of nitrogens with one attached hydrogen (secondary N) is 2.